The number of hydrogen-bond acceptors (Lipinski definition) is 3. The van der Waals surface area contributed by atoms with Gasteiger partial charge >= 0.3 is 0 Å². The van der Waals surface area contributed by atoms with Gasteiger partial charge in [-0.05, 0) is 17.5 Å². The van der Waals surface area contributed by atoms with E-state index in [9.17, 15) is 0 Å². The van der Waals surface area contributed by atoms with E-state index >= 15 is 0 Å². The molecule has 5 heteroatoms. The fourth-order valence-electron chi connectivity index (χ4n) is 1.39. The highest BCUT2D eigenvalue weighted by Crippen LogP contribution is 2.01. The maximum atomic E-state index is 5.48. The van der Waals surface area contributed by atoms with Gasteiger partial charge in [0, 0.05) is 32.5 Å². The quantitative estimate of drug-likeness (QED) is 0.353. The minimum atomic E-state index is 0.519. The van der Waals surface area contributed by atoms with Gasteiger partial charge in [-0.15, -0.1) is 0 Å². The Morgan fingerprint density at radius 2 is 2.35 bits per heavy atom. The van der Waals surface area contributed by atoms with Crippen molar-refractivity contribution in [1.82, 2.24) is 15.3 Å². The number of nitrogens with two attached hydrogens (primary N) is 1. The summed E-state index contributed by atoms with van der Waals surface area (Å²) >= 11 is 0. The summed E-state index contributed by atoms with van der Waals surface area (Å²) in [5.74, 6) is 6.69. The molecule has 0 aliphatic carbocycles. The second-order valence-corrected chi connectivity index (χ2v) is 4.42. The number of pyridine rings is 1. The standard InChI is InChI=1S/C12H21N5/c1-10(2)7-15-12(16-13)17(3)9-11-5-4-6-14-8-11/h4-6,8,10H,7,9,13H2,1-3H3,(H,15,16). The Hall–Kier alpha value is -1.62. The number of hydrogen-bond donors (Lipinski definition) is 2. The molecule has 0 saturated heterocycles. The first-order valence-corrected chi connectivity index (χ1v) is 5.74. The van der Waals surface area contributed by atoms with E-state index in [0.29, 0.717) is 11.9 Å². The average molecular weight is 235 g/mol. The lowest BCUT2D eigenvalue weighted by molar-refractivity contribution is 0.473. The largest absolute Gasteiger partial charge is 0.341 e. The molecule has 0 radical (unpaired) electrons. The first-order valence-electron chi connectivity index (χ1n) is 5.74. The summed E-state index contributed by atoms with van der Waals surface area (Å²) in [6.45, 7) is 5.74. The fourth-order valence-corrected chi connectivity index (χ4v) is 1.39. The Bertz CT molecular complexity index is 347. The number of hydrazine groups is 1. The van der Waals surface area contributed by atoms with E-state index < -0.39 is 0 Å². The molecule has 0 aliphatic heterocycles. The number of nitrogens with zero attached hydrogens (tertiary/aromatic N) is 3. The van der Waals surface area contributed by atoms with Crippen molar-refractivity contribution in [3.05, 3.63) is 30.1 Å². The lowest BCUT2D eigenvalue weighted by Crippen LogP contribution is -2.42. The third-order valence-corrected chi connectivity index (χ3v) is 2.24. The SMILES string of the molecule is CC(C)CN=C(NN)N(C)Cc1cccnc1. The molecule has 0 amide bonds. The molecule has 0 atom stereocenters. The Morgan fingerprint density at radius 3 is 2.88 bits per heavy atom. The highest BCUT2D eigenvalue weighted by atomic mass is 15.4. The summed E-state index contributed by atoms with van der Waals surface area (Å²) in [6.07, 6.45) is 3.60. The predicted molar refractivity (Wildman–Crippen MR) is 70.2 cm³/mol. The zero-order chi connectivity index (χ0) is 12.7. The lowest BCUT2D eigenvalue weighted by Gasteiger charge is -2.20. The van der Waals surface area contributed by atoms with Crippen LogP contribution >= 0.6 is 0 Å². The number of aliphatic imine (C=N–C) groups is 1. The van der Waals surface area contributed by atoms with Crippen molar-refractivity contribution in [1.29, 1.82) is 0 Å². The second-order valence-electron chi connectivity index (χ2n) is 4.42. The van der Waals surface area contributed by atoms with Crippen LogP contribution in [0.25, 0.3) is 0 Å². The second kappa shape index (κ2) is 6.85. The van der Waals surface area contributed by atoms with E-state index in [1.54, 1.807) is 6.20 Å². The summed E-state index contributed by atoms with van der Waals surface area (Å²) < 4.78 is 0. The molecule has 0 fully saturated rings. The number of aromatic nitrogens is 1. The molecule has 1 aromatic heterocycles. The molecule has 0 spiro atoms. The zero-order valence-electron chi connectivity index (χ0n) is 10.7. The van der Waals surface area contributed by atoms with Gasteiger partial charge in [-0.25, -0.2) is 5.84 Å². The molecule has 0 saturated carbocycles. The molecule has 0 unspecified atom stereocenters. The Kier molecular flexibility index (Phi) is 5.42. The molecule has 1 rings (SSSR count). The molecule has 1 heterocycles. The maximum Gasteiger partial charge on any atom is 0.208 e. The average Bonchev–Trinajstić information content (AvgIpc) is 2.30. The van der Waals surface area contributed by atoms with Crippen LogP contribution in [0.4, 0.5) is 0 Å². The maximum absolute atomic E-state index is 5.48. The molecule has 1 aromatic rings. The van der Waals surface area contributed by atoms with Gasteiger partial charge in [-0.1, -0.05) is 19.9 Å². The van der Waals surface area contributed by atoms with E-state index in [-0.39, 0.29) is 0 Å². The van der Waals surface area contributed by atoms with E-state index in [4.69, 9.17) is 5.84 Å². The van der Waals surface area contributed by atoms with Gasteiger partial charge in [0.2, 0.25) is 5.96 Å². The minimum absolute atomic E-state index is 0.519. The summed E-state index contributed by atoms with van der Waals surface area (Å²) in [7, 11) is 1.95. The van der Waals surface area contributed by atoms with Crippen LogP contribution in [-0.4, -0.2) is 29.4 Å². The number of nitrogens with one attached hydrogen (secondary N) is 1. The topological polar surface area (TPSA) is 66.5 Å². The zero-order valence-corrected chi connectivity index (χ0v) is 10.7. The molecule has 5 nitrogen and oxygen atoms in total. The first-order chi connectivity index (χ1) is 8.13. The van der Waals surface area contributed by atoms with Crippen LogP contribution in [-0.2, 0) is 6.54 Å². The van der Waals surface area contributed by atoms with E-state index in [0.717, 1.165) is 18.7 Å². The van der Waals surface area contributed by atoms with Gasteiger partial charge in [0.25, 0.3) is 0 Å². The third-order valence-electron chi connectivity index (χ3n) is 2.24. The van der Waals surface area contributed by atoms with Crippen LogP contribution in [0.2, 0.25) is 0 Å². The van der Waals surface area contributed by atoms with Crippen molar-refractivity contribution >= 4 is 5.96 Å². The molecule has 3 N–H and O–H groups in total. The van der Waals surface area contributed by atoms with Gasteiger partial charge in [-0.3, -0.25) is 15.4 Å². The highest BCUT2D eigenvalue weighted by molar-refractivity contribution is 5.79. The van der Waals surface area contributed by atoms with Crippen LogP contribution in [0.15, 0.2) is 29.5 Å². The van der Waals surface area contributed by atoms with Gasteiger partial charge in [0.15, 0.2) is 0 Å². The summed E-state index contributed by atoms with van der Waals surface area (Å²) in [6, 6.07) is 3.95. The van der Waals surface area contributed by atoms with Gasteiger partial charge in [0.05, 0.1) is 0 Å². The van der Waals surface area contributed by atoms with E-state index in [2.05, 4.69) is 29.2 Å². The van der Waals surface area contributed by atoms with Crippen molar-refractivity contribution in [2.45, 2.75) is 20.4 Å². The highest BCUT2D eigenvalue weighted by Gasteiger charge is 2.05. The fraction of sp³-hybridized carbons (Fsp3) is 0.500. The Morgan fingerprint density at radius 1 is 1.59 bits per heavy atom. The molecular formula is C12H21N5. The van der Waals surface area contributed by atoms with Crippen molar-refractivity contribution < 1.29 is 0 Å². The van der Waals surface area contributed by atoms with Crippen molar-refractivity contribution in [3.63, 3.8) is 0 Å². The molecule has 0 aromatic carbocycles. The molecular weight excluding hydrogens is 214 g/mol. The van der Waals surface area contributed by atoms with Gasteiger partial charge in [0.1, 0.15) is 0 Å². The molecule has 17 heavy (non-hydrogen) atoms. The van der Waals surface area contributed by atoms with E-state index in [1.807, 2.05) is 30.3 Å². The monoisotopic (exact) mass is 235 g/mol. The van der Waals surface area contributed by atoms with Crippen LogP contribution < -0.4 is 11.3 Å². The smallest absolute Gasteiger partial charge is 0.208 e. The number of guanidine groups is 1. The van der Waals surface area contributed by atoms with Crippen LogP contribution in [0.3, 0.4) is 0 Å². The number of rotatable bonds is 4. The molecule has 94 valence electrons. The molecule has 0 aliphatic rings. The van der Waals surface area contributed by atoms with Crippen molar-refractivity contribution in [2.24, 2.45) is 16.8 Å². The first kappa shape index (κ1) is 13.4. The summed E-state index contributed by atoms with van der Waals surface area (Å²) in [5, 5.41) is 0. The Labute approximate surface area is 103 Å². The normalized spacial score (nSPS) is 11.7. The Balaban J connectivity index is 2.61. The summed E-state index contributed by atoms with van der Waals surface area (Å²) in [5.41, 5.74) is 3.76. The summed E-state index contributed by atoms with van der Waals surface area (Å²) in [4.78, 5) is 10.5. The minimum Gasteiger partial charge on any atom is -0.341 e. The van der Waals surface area contributed by atoms with Crippen LogP contribution in [0.5, 0.6) is 0 Å². The van der Waals surface area contributed by atoms with Gasteiger partial charge < -0.3 is 4.90 Å². The predicted octanol–water partition coefficient (Wildman–Crippen LogP) is 0.989. The van der Waals surface area contributed by atoms with Crippen LogP contribution in [0.1, 0.15) is 19.4 Å². The van der Waals surface area contributed by atoms with Crippen molar-refractivity contribution in [2.75, 3.05) is 13.6 Å². The van der Waals surface area contributed by atoms with Crippen molar-refractivity contribution in [3.8, 4) is 0 Å². The van der Waals surface area contributed by atoms with E-state index in [1.165, 1.54) is 0 Å². The van der Waals surface area contributed by atoms with Gasteiger partial charge in [-0.2, -0.15) is 0 Å². The molecule has 0 bridgehead atoms. The lowest BCUT2D eigenvalue weighted by atomic mass is 10.2. The third kappa shape index (κ3) is 4.82. The van der Waals surface area contributed by atoms with Crippen LogP contribution in [0, 0.1) is 5.92 Å².